The number of amides is 1. The molecule has 1 N–H and O–H groups in total. The van der Waals surface area contributed by atoms with Crippen molar-refractivity contribution in [3.05, 3.63) is 61.9 Å². The highest BCUT2D eigenvalue weighted by Gasteiger charge is 2.20. The van der Waals surface area contributed by atoms with Crippen molar-refractivity contribution >= 4 is 50.6 Å². The number of carbonyl (C=O) groups excluding carboxylic acids is 1. The first-order valence-electron chi connectivity index (χ1n) is 7.69. The molecule has 0 atom stereocenters. The number of hydrogen-bond donors (Lipinski definition) is 1. The quantitative estimate of drug-likeness (QED) is 0.562. The highest BCUT2D eigenvalue weighted by molar-refractivity contribution is 9.10. The van der Waals surface area contributed by atoms with E-state index >= 15 is 0 Å². The predicted molar refractivity (Wildman–Crippen MR) is 104 cm³/mol. The van der Waals surface area contributed by atoms with Crippen molar-refractivity contribution in [3.8, 4) is 11.1 Å². The molecular weight excluding hydrogens is 406 g/mol. The van der Waals surface area contributed by atoms with Crippen LogP contribution in [0.4, 0.5) is 5.69 Å². The summed E-state index contributed by atoms with van der Waals surface area (Å²) in [5, 5.41) is 3.63. The minimum atomic E-state index is -0.120. The van der Waals surface area contributed by atoms with E-state index in [2.05, 4.69) is 21.2 Å². The van der Waals surface area contributed by atoms with Crippen LogP contribution in [0.3, 0.4) is 0 Å². The summed E-state index contributed by atoms with van der Waals surface area (Å²) in [5.74, 6) is 0.584. The molecule has 1 aromatic heterocycles. The first kappa shape index (κ1) is 17.7. The van der Waals surface area contributed by atoms with Crippen LogP contribution in [-0.2, 0) is 4.79 Å². The zero-order chi connectivity index (χ0) is 18.1. The Kier molecular flexibility index (Phi) is 4.97. The number of carbonyl (C=O) groups is 1. The fourth-order valence-electron chi connectivity index (χ4n) is 2.71. The first-order valence-corrected chi connectivity index (χ1v) is 8.86. The van der Waals surface area contributed by atoms with E-state index < -0.39 is 0 Å². The second-order valence-corrected chi connectivity index (χ2v) is 7.13. The first-order chi connectivity index (χ1) is 11.9. The molecule has 0 spiro atoms. The number of benzene rings is 2. The zero-order valence-electron chi connectivity index (χ0n) is 13.6. The molecule has 2 aromatic carbocycles. The topological polar surface area (TPSA) is 59.3 Å². The molecule has 0 saturated heterocycles. The minimum absolute atomic E-state index is 0.00244. The van der Waals surface area contributed by atoms with Crippen molar-refractivity contribution < 1.29 is 9.21 Å². The molecule has 0 aliphatic carbocycles. The second kappa shape index (κ2) is 7.02. The SMILES string of the molecule is CC(C)c1oc2c(Br)c(NC=O)ccc2c(=O)c1-c1ccc(Cl)cc1. The Morgan fingerprint density at radius 2 is 1.84 bits per heavy atom. The maximum Gasteiger partial charge on any atom is 0.211 e. The van der Waals surface area contributed by atoms with Gasteiger partial charge in [0.05, 0.1) is 21.1 Å². The van der Waals surface area contributed by atoms with E-state index in [1.807, 2.05) is 26.0 Å². The number of hydrogen-bond acceptors (Lipinski definition) is 3. The summed E-state index contributed by atoms with van der Waals surface area (Å²) in [6.07, 6.45) is 0.579. The minimum Gasteiger partial charge on any atom is -0.459 e. The van der Waals surface area contributed by atoms with Gasteiger partial charge in [0, 0.05) is 10.9 Å². The van der Waals surface area contributed by atoms with Gasteiger partial charge in [-0.05, 0) is 45.8 Å². The van der Waals surface area contributed by atoms with Crippen molar-refractivity contribution in [1.29, 1.82) is 0 Å². The number of halogens is 2. The van der Waals surface area contributed by atoms with E-state index in [-0.39, 0.29) is 11.3 Å². The van der Waals surface area contributed by atoms with Crippen LogP contribution in [0.15, 0.2) is 50.1 Å². The van der Waals surface area contributed by atoms with E-state index in [1.54, 1.807) is 24.3 Å². The van der Waals surface area contributed by atoms with Gasteiger partial charge in [-0.15, -0.1) is 0 Å². The van der Waals surface area contributed by atoms with Crippen LogP contribution in [0.5, 0.6) is 0 Å². The Balaban J connectivity index is 2.38. The summed E-state index contributed by atoms with van der Waals surface area (Å²) in [6.45, 7) is 3.93. The smallest absolute Gasteiger partial charge is 0.211 e. The summed E-state index contributed by atoms with van der Waals surface area (Å²) < 4.78 is 6.64. The number of fused-ring (bicyclic) bond motifs is 1. The molecule has 3 rings (SSSR count). The van der Waals surface area contributed by atoms with Crippen LogP contribution in [0.2, 0.25) is 5.02 Å². The van der Waals surface area contributed by atoms with Crippen LogP contribution < -0.4 is 10.7 Å². The Bertz CT molecular complexity index is 1010. The van der Waals surface area contributed by atoms with Gasteiger partial charge in [-0.2, -0.15) is 0 Å². The molecule has 0 bridgehead atoms. The van der Waals surface area contributed by atoms with Gasteiger partial charge < -0.3 is 9.73 Å². The summed E-state index contributed by atoms with van der Waals surface area (Å²) in [5.41, 5.74) is 2.13. The maximum atomic E-state index is 13.2. The van der Waals surface area contributed by atoms with E-state index in [9.17, 15) is 9.59 Å². The van der Waals surface area contributed by atoms with Crippen molar-refractivity contribution in [2.24, 2.45) is 0 Å². The standard InChI is InChI=1S/C19H15BrClNO3/c1-10(2)18-15(11-3-5-12(21)6-4-11)17(24)13-7-8-14(22-9-23)16(20)19(13)25-18/h3-10H,1-2H3,(H,22,23). The van der Waals surface area contributed by atoms with Crippen molar-refractivity contribution in [1.82, 2.24) is 0 Å². The number of anilines is 1. The third-order valence-electron chi connectivity index (χ3n) is 3.90. The third kappa shape index (κ3) is 3.22. The van der Waals surface area contributed by atoms with Gasteiger partial charge in [0.15, 0.2) is 5.58 Å². The molecule has 0 aliphatic heterocycles. The van der Waals surface area contributed by atoms with Crippen LogP contribution in [0, 0.1) is 0 Å². The maximum absolute atomic E-state index is 13.2. The summed E-state index contributed by atoms with van der Waals surface area (Å²) >= 11 is 9.38. The molecule has 6 heteroatoms. The zero-order valence-corrected chi connectivity index (χ0v) is 15.9. The van der Waals surface area contributed by atoms with Gasteiger partial charge in [-0.3, -0.25) is 9.59 Å². The normalized spacial score (nSPS) is 11.1. The molecule has 1 amide bonds. The second-order valence-electron chi connectivity index (χ2n) is 5.90. The summed E-state index contributed by atoms with van der Waals surface area (Å²) in [4.78, 5) is 23.9. The molecular formula is C19H15BrClNO3. The molecule has 25 heavy (non-hydrogen) atoms. The van der Waals surface area contributed by atoms with Gasteiger partial charge in [-0.1, -0.05) is 37.6 Å². The summed E-state index contributed by atoms with van der Waals surface area (Å²) in [7, 11) is 0. The molecule has 0 fully saturated rings. The van der Waals surface area contributed by atoms with Crippen LogP contribution in [0.1, 0.15) is 25.5 Å². The Hall–Kier alpha value is -2.11. The lowest BCUT2D eigenvalue weighted by Gasteiger charge is -2.14. The molecule has 0 radical (unpaired) electrons. The Morgan fingerprint density at radius 3 is 2.44 bits per heavy atom. The fourth-order valence-corrected chi connectivity index (χ4v) is 3.38. The molecule has 0 aliphatic rings. The van der Waals surface area contributed by atoms with Crippen LogP contribution in [0.25, 0.3) is 22.1 Å². The molecule has 3 aromatic rings. The molecule has 4 nitrogen and oxygen atoms in total. The molecule has 0 saturated carbocycles. The highest BCUT2D eigenvalue weighted by Crippen LogP contribution is 2.35. The third-order valence-corrected chi connectivity index (χ3v) is 4.94. The van der Waals surface area contributed by atoms with Crippen LogP contribution >= 0.6 is 27.5 Å². The van der Waals surface area contributed by atoms with E-state index in [4.69, 9.17) is 16.0 Å². The van der Waals surface area contributed by atoms with Crippen molar-refractivity contribution in [3.63, 3.8) is 0 Å². The largest absolute Gasteiger partial charge is 0.459 e. The molecule has 0 unspecified atom stereocenters. The lowest BCUT2D eigenvalue weighted by atomic mass is 9.97. The molecule has 128 valence electrons. The molecule has 1 heterocycles. The van der Waals surface area contributed by atoms with Gasteiger partial charge in [-0.25, -0.2) is 0 Å². The van der Waals surface area contributed by atoms with Crippen LogP contribution in [-0.4, -0.2) is 6.41 Å². The van der Waals surface area contributed by atoms with E-state index in [1.165, 1.54) is 0 Å². The predicted octanol–water partition coefficient (Wildman–Crippen LogP) is 5.57. The number of rotatable bonds is 4. The highest BCUT2D eigenvalue weighted by atomic mass is 79.9. The van der Waals surface area contributed by atoms with Gasteiger partial charge in [0.25, 0.3) is 0 Å². The lowest BCUT2D eigenvalue weighted by Crippen LogP contribution is -2.11. The van der Waals surface area contributed by atoms with Crippen molar-refractivity contribution in [2.75, 3.05) is 5.32 Å². The van der Waals surface area contributed by atoms with Crippen molar-refractivity contribution in [2.45, 2.75) is 19.8 Å². The van der Waals surface area contributed by atoms with E-state index in [0.29, 0.717) is 43.9 Å². The van der Waals surface area contributed by atoms with Gasteiger partial charge >= 0.3 is 0 Å². The average Bonchev–Trinajstić information content (AvgIpc) is 2.58. The lowest BCUT2D eigenvalue weighted by molar-refractivity contribution is -0.105. The monoisotopic (exact) mass is 419 g/mol. The summed E-state index contributed by atoms with van der Waals surface area (Å²) in [6, 6.07) is 10.4. The fraction of sp³-hybridized carbons (Fsp3) is 0.158. The van der Waals surface area contributed by atoms with Gasteiger partial charge in [0.2, 0.25) is 11.8 Å². The van der Waals surface area contributed by atoms with E-state index in [0.717, 1.165) is 5.56 Å². The average molecular weight is 421 g/mol. The Morgan fingerprint density at radius 1 is 1.16 bits per heavy atom. The number of nitrogens with one attached hydrogen (secondary N) is 1. The van der Waals surface area contributed by atoms with Gasteiger partial charge in [0.1, 0.15) is 5.76 Å². The Labute approximate surface area is 157 Å².